The summed E-state index contributed by atoms with van der Waals surface area (Å²) in [6.07, 6.45) is 7.48. The Bertz CT molecular complexity index is 260. The van der Waals surface area contributed by atoms with E-state index in [0.717, 1.165) is 0 Å². The van der Waals surface area contributed by atoms with Crippen LogP contribution in [0.15, 0.2) is 0 Å². The summed E-state index contributed by atoms with van der Waals surface area (Å²) in [6.45, 7) is 0.517. The number of nitrogens with one attached hydrogen (secondary N) is 1. The monoisotopic (exact) mass is 283 g/mol. The molecule has 1 saturated carbocycles. The van der Waals surface area contributed by atoms with E-state index in [1.54, 1.807) is 0 Å². The van der Waals surface area contributed by atoms with Gasteiger partial charge in [0, 0.05) is 18.8 Å². The Kier molecular flexibility index (Phi) is 4.87. The highest BCUT2D eigenvalue weighted by atomic mass is 79.9. The molecule has 3 nitrogen and oxygen atoms in total. The van der Waals surface area contributed by atoms with E-state index < -0.39 is 14.0 Å². The van der Waals surface area contributed by atoms with Crippen molar-refractivity contribution < 1.29 is 8.42 Å². The van der Waals surface area contributed by atoms with Gasteiger partial charge in [-0.1, -0.05) is 35.2 Å². The molecule has 0 amide bonds. The van der Waals surface area contributed by atoms with E-state index in [1.807, 2.05) is 0 Å². The first-order valence-electron chi connectivity index (χ1n) is 5.06. The molecular formula is C9H18BrNO2S. The first kappa shape index (κ1) is 12.5. The number of hydrogen-bond acceptors (Lipinski definition) is 3. The van der Waals surface area contributed by atoms with Gasteiger partial charge in [-0.25, -0.2) is 8.42 Å². The van der Waals surface area contributed by atoms with Crippen molar-refractivity contribution in [2.75, 3.05) is 12.8 Å². The maximum Gasteiger partial charge on any atom is 0.161 e. The predicted molar refractivity (Wildman–Crippen MR) is 62.4 cm³/mol. The Balaban J connectivity index is 2.25. The topological polar surface area (TPSA) is 46.2 Å². The van der Waals surface area contributed by atoms with Crippen molar-refractivity contribution in [3.8, 4) is 0 Å². The highest BCUT2D eigenvalue weighted by molar-refractivity contribution is 9.11. The second-order valence-corrected chi connectivity index (χ2v) is 7.92. The van der Waals surface area contributed by atoms with Crippen LogP contribution in [0, 0.1) is 0 Å². The van der Waals surface area contributed by atoms with Gasteiger partial charge in [-0.15, -0.1) is 0 Å². The quantitative estimate of drug-likeness (QED) is 0.799. The van der Waals surface area contributed by atoms with Crippen molar-refractivity contribution in [3.05, 3.63) is 0 Å². The zero-order chi connectivity index (χ0) is 10.6. The Hall–Kier alpha value is 0.390. The zero-order valence-electron chi connectivity index (χ0n) is 8.50. The van der Waals surface area contributed by atoms with Gasteiger partial charge in [0.25, 0.3) is 0 Å². The lowest BCUT2D eigenvalue weighted by Gasteiger charge is -2.23. The van der Waals surface area contributed by atoms with Crippen LogP contribution in [-0.4, -0.2) is 31.4 Å². The van der Waals surface area contributed by atoms with E-state index in [1.165, 1.54) is 38.4 Å². The van der Waals surface area contributed by atoms with Crippen molar-refractivity contribution in [1.82, 2.24) is 5.32 Å². The van der Waals surface area contributed by atoms with Crippen LogP contribution in [0.25, 0.3) is 0 Å². The van der Waals surface area contributed by atoms with Gasteiger partial charge in [-0.3, -0.25) is 0 Å². The molecule has 0 aromatic carbocycles. The van der Waals surface area contributed by atoms with Gasteiger partial charge in [-0.2, -0.15) is 0 Å². The first-order valence-corrected chi connectivity index (χ1v) is 7.93. The highest BCUT2D eigenvalue weighted by Gasteiger charge is 2.19. The lowest BCUT2D eigenvalue weighted by atomic mass is 9.96. The van der Waals surface area contributed by atoms with Crippen LogP contribution in [0.1, 0.15) is 32.1 Å². The van der Waals surface area contributed by atoms with E-state index in [-0.39, 0.29) is 0 Å². The molecule has 14 heavy (non-hydrogen) atoms. The maximum absolute atomic E-state index is 11.1. The second-order valence-electron chi connectivity index (χ2n) is 3.98. The van der Waals surface area contributed by atoms with Gasteiger partial charge >= 0.3 is 0 Å². The van der Waals surface area contributed by atoms with E-state index in [2.05, 4.69) is 21.2 Å². The van der Waals surface area contributed by atoms with Crippen molar-refractivity contribution in [3.63, 3.8) is 0 Å². The van der Waals surface area contributed by atoms with E-state index >= 15 is 0 Å². The molecule has 5 heteroatoms. The molecule has 1 unspecified atom stereocenters. The Morgan fingerprint density at radius 3 is 2.43 bits per heavy atom. The summed E-state index contributed by atoms with van der Waals surface area (Å²) in [5, 5.41) is 3.30. The number of sulfone groups is 1. The average molecular weight is 284 g/mol. The molecule has 0 aliphatic heterocycles. The van der Waals surface area contributed by atoms with Crippen molar-refractivity contribution in [1.29, 1.82) is 0 Å². The molecular weight excluding hydrogens is 266 g/mol. The van der Waals surface area contributed by atoms with Crippen LogP contribution in [0.5, 0.6) is 0 Å². The fourth-order valence-corrected chi connectivity index (χ4v) is 2.30. The average Bonchev–Trinajstić information content (AvgIpc) is 2.14. The van der Waals surface area contributed by atoms with Crippen LogP contribution in [0.3, 0.4) is 0 Å². The molecule has 0 heterocycles. The number of rotatable bonds is 4. The molecule has 0 radical (unpaired) electrons. The minimum atomic E-state index is -2.95. The highest BCUT2D eigenvalue weighted by Crippen LogP contribution is 2.18. The molecule has 0 aromatic heterocycles. The third-order valence-electron chi connectivity index (χ3n) is 2.64. The first-order chi connectivity index (χ1) is 6.50. The summed E-state index contributed by atoms with van der Waals surface area (Å²) in [4.78, 5) is 0. The van der Waals surface area contributed by atoms with Gasteiger partial charge in [-0.05, 0) is 12.8 Å². The van der Waals surface area contributed by atoms with Crippen molar-refractivity contribution in [2.24, 2.45) is 0 Å². The molecule has 1 rings (SSSR count). The molecule has 84 valence electrons. The van der Waals surface area contributed by atoms with Gasteiger partial charge in [0.15, 0.2) is 9.84 Å². The maximum atomic E-state index is 11.1. The predicted octanol–water partition coefficient (Wildman–Crippen LogP) is 1.67. The van der Waals surface area contributed by atoms with E-state index in [9.17, 15) is 8.42 Å². The van der Waals surface area contributed by atoms with Crippen LogP contribution in [-0.2, 0) is 9.84 Å². The van der Waals surface area contributed by atoms with Gasteiger partial charge < -0.3 is 5.32 Å². The van der Waals surface area contributed by atoms with Crippen LogP contribution < -0.4 is 5.32 Å². The Morgan fingerprint density at radius 1 is 1.36 bits per heavy atom. The largest absolute Gasteiger partial charge is 0.312 e. The van der Waals surface area contributed by atoms with Crippen LogP contribution in [0.4, 0.5) is 0 Å². The lowest BCUT2D eigenvalue weighted by Crippen LogP contribution is -2.37. The summed E-state index contributed by atoms with van der Waals surface area (Å²) in [6, 6.07) is 0.519. The van der Waals surface area contributed by atoms with E-state index in [0.29, 0.717) is 12.6 Å². The normalized spacial score (nSPS) is 22.1. The van der Waals surface area contributed by atoms with Gasteiger partial charge in [0.05, 0.1) is 0 Å². The van der Waals surface area contributed by atoms with Gasteiger partial charge in [0.2, 0.25) is 0 Å². The lowest BCUT2D eigenvalue weighted by molar-refractivity contribution is 0.379. The van der Waals surface area contributed by atoms with Crippen LogP contribution in [0.2, 0.25) is 0 Å². The summed E-state index contributed by atoms with van der Waals surface area (Å²) in [5.41, 5.74) is 0. The molecule has 0 saturated heterocycles. The second kappa shape index (κ2) is 5.47. The standard InChI is InChI=1S/C9H18BrNO2S/c1-14(12,13)9(10)7-11-8-5-3-2-4-6-8/h8-9,11H,2-7H2,1H3. The smallest absolute Gasteiger partial charge is 0.161 e. The van der Waals surface area contributed by atoms with Crippen molar-refractivity contribution in [2.45, 2.75) is 42.3 Å². The van der Waals surface area contributed by atoms with Crippen LogP contribution >= 0.6 is 15.9 Å². The van der Waals surface area contributed by atoms with Gasteiger partial charge in [0.1, 0.15) is 4.16 Å². The molecule has 1 fully saturated rings. The number of hydrogen-bond donors (Lipinski definition) is 1. The summed E-state index contributed by atoms with van der Waals surface area (Å²) >= 11 is 3.17. The third-order valence-corrected chi connectivity index (χ3v) is 6.09. The Morgan fingerprint density at radius 2 is 1.93 bits per heavy atom. The molecule has 1 N–H and O–H groups in total. The number of halogens is 1. The summed E-state index contributed by atoms with van der Waals surface area (Å²) < 4.78 is 21.8. The SMILES string of the molecule is CS(=O)(=O)C(Br)CNC1CCCCC1. The fraction of sp³-hybridized carbons (Fsp3) is 1.00. The van der Waals surface area contributed by atoms with Crippen molar-refractivity contribution >= 4 is 25.8 Å². The Labute approximate surface area is 94.7 Å². The summed E-state index contributed by atoms with van der Waals surface area (Å²) in [5.74, 6) is 0. The molecule has 1 aliphatic carbocycles. The summed E-state index contributed by atoms with van der Waals surface area (Å²) in [7, 11) is -2.95. The molecule has 1 atom stereocenters. The molecule has 0 spiro atoms. The fourth-order valence-electron chi connectivity index (χ4n) is 1.72. The molecule has 1 aliphatic rings. The molecule has 0 bridgehead atoms. The molecule has 0 aromatic rings. The van der Waals surface area contributed by atoms with E-state index in [4.69, 9.17) is 0 Å². The minimum Gasteiger partial charge on any atom is -0.312 e. The zero-order valence-corrected chi connectivity index (χ0v) is 10.9. The number of alkyl halides is 1. The third kappa shape index (κ3) is 4.28. The minimum absolute atomic E-state index is 0.447.